The second-order valence-electron chi connectivity index (χ2n) is 9.52. The maximum absolute atomic E-state index is 11.7. The Hall–Kier alpha value is -3.19. The van der Waals surface area contributed by atoms with Gasteiger partial charge in [0.05, 0.1) is 25.4 Å². The first-order valence-corrected chi connectivity index (χ1v) is 12.5. The highest BCUT2D eigenvalue weighted by atomic mass is 16.6. The van der Waals surface area contributed by atoms with Crippen LogP contribution in [0, 0.1) is 5.92 Å². The van der Waals surface area contributed by atoms with Crippen LogP contribution >= 0.6 is 0 Å². The molecule has 0 spiro atoms. The van der Waals surface area contributed by atoms with Gasteiger partial charge in [0.25, 0.3) is 0 Å². The molecule has 0 unspecified atom stereocenters. The largest absolute Gasteiger partial charge is 0.463 e. The number of hydrogen-bond donors (Lipinski definition) is 0. The first-order chi connectivity index (χ1) is 17.6. The summed E-state index contributed by atoms with van der Waals surface area (Å²) in [6.45, 7) is 3.18. The molecule has 5 atom stereocenters. The highest BCUT2D eigenvalue weighted by molar-refractivity contribution is 5.65. The van der Waals surface area contributed by atoms with Crippen LogP contribution in [0.5, 0.6) is 0 Å². The number of nitrogens with zero attached hydrogens (tertiary/aromatic N) is 1. The Bertz CT molecular complexity index is 1140. The molecule has 0 aromatic heterocycles. The Balaban J connectivity index is 1.47. The van der Waals surface area contributed by atoms with Gasteiger partial charge in [-0.25, -0.2) is 0 Å². The van der Waals surface area contributed by atoms with E-state index in [0.29, 0.717) is 13.2 Å². The van der Waals surface area contributed by atoms with E-state index >= 15 is 0 Å². The molecule has 0 bridgehead atoms. The van der Waals surface area contributed by atoms with Crippen molar-refractivity contribution in [1.82, 2.24) is 0 Å². The van der Waals surface area contributed by atoms with Crippen LogP contribution in [0.4, 0.5) is 5.69 Å². The van der Waals surface area contributed by atoms with Crippen molar-refractivity contribution in [2.75, 3.05) is 25.1 Å². The predicted molar refractivity (Wildman–Crippen MR) is 137 cm³/mol. The molecule has 2 heterocycles. The maximum atomic E-state index is 11.7. The number of para-hydroxylation sites is 1. The summed E-state index contributed by atoms with van der Waals surface area (Å²) in [7, 11) is 2.11. The fourth-order valence-electron chi connectivity index (χ4n) is 5.28. The quantitative estimate of drug-likeness (QED) is 0.420. The van der Waals surface area contributed by atoms with E-state index in [1.165, 1.54) is 6.92 Å². The topological polar surface area (TPSA) is 57.2 Å². The van der Waals surface area contributed by atoms with E-state index in [-0.39, 0.29) is 30.7 Å². The van der Waals surface area contributed by atoms with Gasteiger partial charge < -0.3 is 23.8 Å². The molecule has 6 nitrogen and oxygen atoms in total. The van der Waals surface area contributed by atoms with Crippen LogP contribution in [-0.4, -0.2) is 44.5 Å². The van der Waals surface area contributed by atoms with Crippen LogP contribution in [0.3, 0.4) is 0 Å². The van der Waals surface area contributed by atoms with Gasteiger partial charge >= 0.3 is 5.97 Å². The molecular formula is C30H33NO5. The third-order valence-corrected chi connectivity index (χ3v) is 6.98. The summed E-state index contributed by atoms with van der Waals surface area (Å²) in [6.07, 6.45) is -1.32. The number of hydrogen-bond acceptors (Lipinski definition) is 6. The van der Waals surface area contributed by atoms with Crippen molar-refractivity contribution >= 4 is 11.7 Å². The van der Waals surface area contributed by atoms with Gasteiger partial charge in [0.1, 0.15) is 18.8 Å². The number of esters is 1. The average Bonchev–Trinajstić information content (AvgIpc) is 2.91. The van der Waals surface area contributed by atoms with Crippen molar-refractivity contribution in [2.45, 2.75) is 44.6 Å². The SMILES string of the molecule is CC(=O)OC[C@H]1O[C@@H]2c3ccccc3N(C)C[C@@H]2[C@@H](OCc2ccccc2)[C@@H]1OCc1ccccc1. The molecule has 5 rings (SSSR count). The zero-order chi connectivity index (χ0) is 24.9. The summed E-state index contributed by atoms with van der Waals surface area (Å²) in [6, 6.07) is 28.6. The van der Waals surface area contributed by atoms with Crippen LogP contribution in [0.2, 0.25) is 0 Å². The fourth-order valence-corrected chi connectivity index (χ4v) is 5.28. The van der Waals surface area contributed by atoms with Crippen LogP contribution in [-0.2, 0) is 37.0 Å². The highest BCUT2D eigenvalue weighted by Crippen LogP contribution is 2.46. The summed E-state index contributed by atoms with van der Waals surface area (Å²) in [5.74, 6) is -0.295. The molecule has 6 heteroatoms. The molecule has 36 heavy (non-hydrogen) atoms. The molecule has 2 aliphatic rings. The minimum absolute atomic E-state index is 0.0444. The standard InChI is InChI=1S/C30H33NO5/c1-21(32)33-20-27-30(35-19-23-13-7-4-8-14-23)29(34-18-22-11-5-3-6-12-22)25-17-31(2)26-16-10-9-15-24(26)28(25)36-27/h3-16,25,27-30H,17-20H2,1-2H3/t25-,27+,28+,29+,30+/m0/s1. The Morgan fingerprint density at radius 3 is 2.08 bits per heavy atom. The van der Waals surface area contributed by atoms with Gasteiger partial charge in [-0.05, 0) is 17.2 Å². The van der Waals surface area contributed by atoms with Gasteiger partial charge in [-0.2, -0.15) is 0 Å². The lowest BCUT2D eigenvalue weighted by Crippen LogP contribution is -2.58. The van der Waals surface area contributed by atoms with Crippen LogP contribution in [0.25, 0.3) is 0 Å². The Labute approximate surface area is 212 Å². The highest BCUT2D eigenvalue weighted by Gasteiger charge is 2.50. The van der Waals surface area contributed by atoms with Gasteiger partial charge in [-0.15, -0.1) is 0 Å². The molecule has 188 valence electrons. The number of fused-ring (bicyclic) bond motifs is 3. The summed E-state index contributed by atoms with van der Waals surface area (Å²) < 4.78 is 25.3. The number of ether oxygens (including phenoxy) is 4. The first-order valence-electron chi connectivity index (χ1n) is 12.5. The lowest BCUT2D eigenvalue weighted by atomic mass is 9.80. The molecule has 1 fully saturated rings. The maximum Gasteiger partial charge on any atom is 0.302 e. The third kappa shape index (κ3) is 5.46. The van der Waals surface area contributed by atoms with E-state index in [0.717, 1.165) is 28.9 Å². The van der Waals surface area contributed by atoms with E-state index in [9.17, 15) is 4.79 Å². The fraction of sp³-hybridized carbons (Fsp3) is 0.367. The first kappa shape index (κ1) is 24.5. The minimum Gasteiger partial charge on any atom is -0.463 e. The van der Waals surface area contributed by atoms with Crippen LogP contribution < -0.4 is 4.90 Å². The monoisotopic (exact) mass is 487 g/mol. The molecule has 0 radical (unpaired) electrons. The summed E-state index contributed by atoms with van der Waals surface area (Å²) in [4.78, 5) is 14.0. The number of benzene rings is 3. The lowest BCUT2D eigenvalue weighted by Gasteiger charge is -2.50. The number of anilines is 1. The summed E-state index contributed by atoms with van der Waals surface area (Å²) in [5.41, 5.74) is 4.44. The lowest BCUT2D eigenvalue weighted by molar-refractivity contribution is -0.245. The Morgan fingerprint density at radius 2 is 1.44 bits per heavy atom. The number of carbonyl (C=O) groups is 1. The van der Waals surface area contributed by atoms with Gasteiger partial charge in [-0.3, -0.25) is 4.79 Å². The van der Waals surface area contributed by atoms with Gasteiger partial charge in [-0.1, -0.05) is 78.9 Å². The molecular weight excluding hydrogens is 454 g/mol. The molecule has 1 saturated heterocycles. The van der Waals surface area contributed by atoms with Crippen molar-refractivity contribution < 1.29 is 23.7 Å². The van der Waals surface area contributed by atoms with E-state index in [1.807, 2.05) is 60.7 Å². The van der Waals surface area contributed by atoms with Crippen molar-refractivity contribution in [3.8, 4) is 0 Å². The zero-order valence-corrected chi connectivity index (χ0v) is 20.8. The molecule has 2 aliphatic heterocycles. The summed E-state index contributed by atoms with van der Waals surface area (Å²) >= 11 is 0. The second kappa shape index (κ2) is 11.2. The smallest absolute Gasteiger partial charge is 0.302 e. The minimum atomic E-state index is -0.462. The van der Waals surface area contributed by atoms with Crippen LogP contribution in [0.1, 0.15) is 29.7 Å². The second-order valence-corrected chi connectivity index (χ2v) is 9.52. The van der Waals surface area contributed by atoms with Gasteiger partial charge in [0.15, 0.2) is 0 Å². The zero-order valence-electron chi connectivity index (χ0n) is 20.8. The Kier molecular flexibility index (Phi) is 7.66. The number of rotatable bonds is 8. The molecule has 0 amide bonds. The van der Waals surface area contributed by atoms with E-state index < -0.39 is 12.2 Å². The molecule has 3 aromatic carbocycles. The van der Waals surface area contributed by atoms with E-state index in [1.54, 1.807) is 0 Å². The number of carbonyl (C=O) groups excluding carboxylic acids is 1. The van der Waals surface area contributed by atoms with E-state index in [4.69, 9.17) is 18.9 Å². The van der Waals surface area contributed by atoms with Crippen molar-refractivity contribution in [3.63, 3.8) is 0 Å². The molecule has 0 N–H and O–H groups in total. The van der Waals surface area contributed by atoms with Crippen molar-refractivity contribution in [2.24, 2.45) is 5.92 Å². The third-order valence-electron chi connectivity index (χ3n) is 6.98. The van der Waals surface area contributed by atoms with Gasteiger partial charge in [0.2, 0.25) is 0 Å². The summed E-state index contributed by atoms with van der Waals surface area (Å²) in [5, 5.41) is 0. The molecule has 0 aliphatic carbocycles. The molecule has 0 saturated carbocycles. The van der Waals surface area contributed by atoms with Crippen molar-refractivity contribution in [3.05, 3.63) is 102 Å². The van der Waals surface area contributed by atoms with Crippen molar-refractivity contribution in [1.29, 1.82) is 0 Å². The van der Waals surface area contributed by atoms with Gasteiger partial charge in [0, 0.05) is 37.7 Å². The Morgan fingerprint density at radius 1 is 0.861 bits per heavy atom. The predicted octanol–water partition coefficient (Wildman–Crippen LogP) is 4.93. The normalized spacial score (nSPS) is 25.1. The van der Waals surface area contributed by atoms with Crippen LogP contribution in [0.15, 0.2) is 84.9 Å². The molecule has 3 aromatic rings. The van der Waals surface area contributed by atoms with E-state index in [2.05, 4.69) is 36.2 Å². The average molecular weight is 488 g/mol.